The zero-order valence-electron chi connectivity index (χ0n) is 30.0. The Bertz CT molecular complexity index is 2050. The number of ether oxygens (including phenoxy) is 2. The van der Waals surface area contributed by atoms with E-state index in [1.165, 1.54) is 0 Å². The summed E-state index contributed by atoms with van der Waals surface area (Å²) < 4.78 is 11.6. The first kappa shape index (κ1) is 37.0. The Morgan fingerprint density at radius 2 is 1.13 bits per heavy atom. The van der Waals surface area contributed by atoms with Crippen LogP contribution >= 0.6 is 0 Å². The number of benzene rings is 4. The monoisotopic (exact) mass is 728 g/mol. The number of rotatable bonds is 20. The van der Waals surface area contributed by atoms with Gasteiger partial charge < -0.3 is 46.9 Å². The van der Waals surface area contributed by atoms with Gasteiger partial charge in [-0.25, -0.2) is 0 Å². The number of phenols is 1. The summed E-state index contributed by atoms with van der Waals surface area (Å²) in [5.41, 5.74) is 9.38. The second-order valence-electron chi connectivity index (χ2n) is 12.1. The molecule has 4 aromatic carbocycles. The van der Waals surface area contributed by atoms with Crippen LogP contribution in [-0.4, -0.2) is 68.3 Å². The molecule has 0 aliphatic rings. The minimum absolute atomic E-state index is 0.143. The second kappa shape index (κ2) is 19.2. The van der Waals surface area contributed by atoms with E-state index in [-0.39, 0.29) is 11.8 Å². The van der Waals surface area contributed by atoms with E-state index in [9.17, 15) is 5.11 Å². The zero-order chi connectivity index (χ0) is 37.4. The average Bonchev–Trinajstić information content (AvgIpc) is 3.18. The van der Waals surface area contributed by atoms with Gasteiger partial charge in [-0.1, -0.05) is 54.6 Å². The number of unbranched alkanes of at least 4 members (excludes halogenated alkanes) is 1. The van der Waals surface area contributed by atoms with Crippen LogP contribution in [0.4, 0.5) is 41.1 Å². The van der Waals surface area contributed by atoms with E-state index in [1.807, 2.05) is 91.0 Å². The van der Waals surface area contributed by atoms with Crippen LogP contribution < -0.4 is 41.8 Å². The van der Waals surface area contributed by atoms with Gasteiger partial charge in [0.05, 0.1) is 12.8 Å². The lowest BCUT2D eigenvalue weighted by Gasteiger charge is -2.13. The number of aromatic nitrogens is 6. The topological polar surface area (TPSA) is 202 Å². The Labute approximate surface area is 313 Å². The number of anilines is 7. The van der Waals surface area contributed by atoms with Crippen LogP contribution in [0, 0.1) is 0 Å². The highest BCUT2D eigenvalue weighted by Crippen LogP contribution is 2.27. The van der Waals surface area contributed by atoms with Gasteiger partial charge in [0.15, 0.2) is 0 Å². The van der Waals surface area contributed by atoms with Crippen molar-refractivity contribution in [3.05, 3.63) is 114 Å². The van der Waals surface area contributed by atoms with E-state index < -0.39 is 0 Å². The van der Waals surface area contributed by atoms with E-state index >= 15 is 0 Å². The maximum absolute atomic E-state index is 9.58. The van der Waals surface area contributed by atoms with Gasteiger partial charge in [0.2, 0.25) is 29.7 Å². The molecule has 0 bridgehead atoms. The van der Waals surface area contributed by atoms with Crippen LogP contribution in [0.1, 0.15) is 24.0 Å². The predicted octanol–water partition coefficient (Wildman–Crippen LogP) is 6.51. The van der Waals surface area contributed by atoms with E-state index in [2.05, 4.69) is 56.5 Å². The van der Waals surface area contributed by atoms with E-state index in [4.69, 9.17) is 15.2 Å². The lowest BCUT2D eigenvalue weighted by molar-refractivity contribution is 0.417. The normalized spacial score (nSPS) is 10.7. The molecular weight excluding hydrogens is 685 g/mol. The molecule has 15 heteroatoms. The van der Waals surface area contributed by atoms with Crippen LogP contribution in [0.25, 0.3) is 0 Å². The summed E-state index contributed by atoms with van der Waals surface area (Å²) >= 11 is 0. The van der Waals surface area contributed by atoms with Gasteiger partial charge in [0.1, 0.15) is 17.2 Å². The zero-order valence-corrected chi connectivity index (χ0v) is 30.0. The van der Waals surface area contributed by atoms with E-state index in [1.54, 1.807) is 19.2 Å². The first-order valence-corrected chi connectivity index (χ1v) is 17.7. The number of phenolic OH excluding ortho intramolecular Hbond substituents is 1. The summed E-state index contributed by atoms with van der Waals surface area (Å²) in [4.78, 5) is 27.3. The summed E-state index contributed by atoms with van der Waals surface area (Å²) in [5.74, 6) is 3.48. The summed E-state index contributed by atoms with van der Waals surface area (Å²) in [7, 11) is 1.62. The van der Waals surface area contributed by atoms with Crippen LogP contribution in [-0.2, 0) is 12.8 Å². The molecule has 8 N–H and O–H groups in total. The minimum Gasteiger partial charge on any atom is -0.508 e. The van der Waals surface area contributed by atoms with Gasteiger partial charge in [0.25, 0.3) is 0 Å². The van der Waals surface area contributed by atoms with E-state index in [0.717, 1.165) is 35.3 Å². The summed E-state index contributed by atoms with van der Waals surface area (Å²) in [5, 5.41) is 25.9. The summed E-state index contributed by atoms with van der Waals surface area (Å²) in [6.45, 7) is 2.47. The molecule has 0 atom stereocenters. The Kier molecular flexibility index (Phi) is 13.2. The highest BCUT2D eigenvalue weighted by molar-refractivity contribution is 5.63. The van der Waals surface area contributed by atoms with Crippen molar-refractivity contribution < 1.29 is 14.6 Å². The van der Waals surface area contributed by atoms with Gasteiger partial charge in [-0.15, -0.1) is 0 Å². The fourth-order valence-electron chi connectivity index (χ4n) is 5.24. The third-order valence-electron chi connectivity index (χ3n) is 8.01. The first-order valence-electron chi connectivity index (χ1n) is 17.7. The molecule has 2 heterocycles. The Balaban J connectivity index is 1.08. The van der Waals surface area contributed by atoms with Crippen molar-refractivity contribution in [2.24, 2.45) is 5.73 Å². The molecule has 6 rings (SSSR count). The Hall–Kier alpha value is -6.74. The molecule has 0 fully saturated rings. The molecule has 0 radical (unpaired) electrons. The lowest BCUT2D eigenvalue weighted by atomic mass is 10.1. The second-order valence-corrected chi connectivity index (χ2v) is 12.1. The molecule has 0 spiro atoms. The highest BCUT2D eigenvalue weighted by atomic mass is 16.5. The summed E-state index contributed by atoms with van der Waals surface area (Å²) in [6, 6.07) is 32.2. The van der Waals surface area contributed by atoms with Gasteiger partial charge in [-0.3, -0.25) is 0 Å². The van der Waals surface area contributed by atoms with Crippen molar-refractivity contribution in [2.75, 3.05) is 59.9 Å². The molecule has 0 unspecified atom stereocenters. The van der Waals surface area contributed by atoms with Crippen molar-refractivity contribution in [3.8, 4) is 23.3 Å². The molecule has 0 saturated carbocycles. The average molecular weight is 729 g/mol. The first-order chi connectivity index (χ1) is 26.5. The molecule has 0 saturated heterocycles. The number of nitrogens with two attached hydrogens (primary N) is 1. The molecule has 0 amide bonds. The molecular formula is C39H44N12O3. The largest absolute Gasteiger partial charge is 0.508 e. The number of nitrogens with zero attached hydrogens (tertiary/aromatic N) is 6. The molecule has 15 nitrogen and oxygen atoms in total. The van der Waals surface area contributed by atoms with Crippen molar-refractivity contribution in [1.82, 2.24) is 29.9 Å². The lowest BCUT2D eigenvalue weighted by Crippen LogP contribution is -2.14. The SMILES string of the molecule is COc1ccccc1Nc1nc(NCCCCN)nc(NCCc2ccc(Oc3nc(NCCc4ccc(O)cc4)nc(Nc4ccccc4)n3)cc2)n1. The van der Waals surface area contributed by atoms with Gasteiger partial charge in [-0.05, 0) is 91.9 Å². The maximum Gasteiger partial charge on any atom is 0.328 e. The van der Waals surface area contributed by atoms with Gasteiger partial charge >= 0.3 is 6.01 Å². The quantitative estimate of drug-likeness (QED) is 0.0419. The number of methoxy groups -OCH3 is 1. The fraction of sp³-hybridized carbons (Fsp3) is 0.231. The third-order valence-corrected chi connectivity index (χ3v) is 8.01. The molecule has 6 aromatic rings. The van der Waals surface area contributed by atoms with Gasteiger partial charge in [-0.2, -0.15) is 29.9 Å². The van der Waals surface area contributed by atoms with Crippen molar-refractivity contribution in [1.29, 1.82) is 0 Å². The number of aromatic hydroxyl groups is 1. The fourth-order valence-corrected chi connectivity index (χ4v) is 5.24. The van der Waals surface area contributed by atoms with Crippen molar-refractivity contribution >= 4 is 41.1 Å². The molecule has 2 aromatic heterocycles. The number of hydrogen-bond acceptors (Lipinski definition) is 15. The molecule has 54 heavy (non-hydrogen) atoms. The van der Waals surface area contributed by atoms with Crippen LogP contribution in [0.3, 0.4) is 0 Å². The number of nitrogens with one attached hydrogen (secondary N) is 5. The highest BCUT2D eigenvalue weighted by Gasteiger charge is 2.12. The minimum atomic E-state index is 0.143. The Morgan fingerprint density at radius 3 is 1.80 bits per heavy atom. The smallest absolute Gasteiger partial charge is 0.328 e. The Morgan fingerprint density at radius 1 is 0.574 bits per heavy atom. The number of para-hydroxylation sites is 3. The standard InChI is InChI=1S/C39H44N12O3/c1-53-33-12-6-5-11-32(33)45-38-47-34(41-24-8-7-23-40)46-35(48-38)42-25-22-28-15-19-31(20-16-28)54-39-50-36(43-26-21-27-13-17-30(52)18-14-27)49-37(51-39)44-29-9-3-2-4-10-29/h2-6,9-20,52H,7-8,21-26,40H2,1H3,(H2,43,44,49,50,51)(H3,41,42,45,46,47,48). The molecule has 0 aliphatic carbocycles. The van der Waals surface area contributed by atoms with Crippen molar-refractivity contribution in [3.63, 3.8) is 0 Å². The van der Waals surface area contributed by atoms with Crippen LogP contribution in [0.5, 0.6) is 23.3 Å². The summed E-state index contributed by atoms with van der Waals surface area (Å²) in [6.07, 6.45) is 3.22. The van der Waals surface area contributed by atoms with Crippen molar-refractivity contribution in [2.45, 2.75) is 25.7 Å². The van der Waals surface area contributed by atoms with E-state index in [0.29, 0.717) is 80.3 Å². The molecule has 0 aliphatic heterocycles. The van der Waals surface area contributed by atoms with Gasteiger partial charge in [0, 0.05) is 25.3 Å². The van der Waals surface area contributed by atoms with Crippen LogP contribution in [0.15, 0.2) is 103 Å². The molecule has 278 valence electrons. The maximum atomic E-state index is 9.58. The van der Waals surface area contributed by atoms with Crippen LogP contribution in [0.2, 0.25) is 0 Å². The third kappa shape index (κ3) is 11.4. The number of hydrogen-bond donors (Lipinski definition) is 7. The predicted molar refractivity (Wildman–Crippen MR) is 211 cm³/mol.